The Morgan fingerprint density at radius 2 is 1.76 bits per heavy atom. The molecule has 0 saturated heterocycles. The van der Waals surface area contributed by atoms with Gasteiger partial charge in [-0.3, -0.25) is 9.59 Å². The van der Waals surface area contributed by atoms with Gasteiger partial charge in [-0.25, -0.2) is 0 Å². The SMILES string of the molecule is COc1ccc(-c2cc(=O)c3c(O)cc4c(c3o2)[C@H](c2ccc(O)c(Cl)c2)CC(=O)O4)cc1O. The lowest BCUT2D eigenvalue weighted by Crippen LogP contribution is -2.22. The molecule has 0 aliphatic carbocycles. The quantitative estimate of drug-likeness (QED) is 0.285. The lowest BCUT2D eigenvalue weighted by Gasteiger charge is -2.26. The molecule has 1 aromatic heterocycles. The van der Waals surface area contributed by atoms with Gasteiger partial charge in [-0.15, -0.1) is 0 Å². The van der Waals surface area contributed by atoms with Gasteiger partial charge in [0.25, 0.3) is 0 Å². The molecule has 1 atom stereocenters. The maximum atomic E-state index is 13.0. The van der Waals surface area contributed by atoms with E-state index in [1.807, 2.05) is 0 Å². The minimum atomic E-state index is -0.625. The van der Waals surface area contributed by atoms with E-state index in [1.165, 1.54) is 43.5 Å². The van der Waals surface area contributed by atoms with Crippen LogP contribution in [0.25, 0.3) is 22.3 Å². The molecule has 1 aliphatic rings. The molecule has 0 unspecified atom stereocenters. The van der Waals surface area contributed by atoms with Gasteiger partial charge in [0.05, 0.1) is 18.6 Å². The maximum absolute atomic E-state index is 13.0. The minimum absolute atomic E-state index is 0.0366. The van der Waals surface area contributed by atoms with E-state index in [9.17, 15) is 24.9 Å². The fourth-order valence-electron chi connectivity index (χ4n) is 4.17. The molecule has 1 aliphatic heterocycles. The van der Waals surface area contributed by atoms with E-state index in [0.717, 1.165) is 0 Å². The summed E-state index contributed by atoms with van der Waals surface area (Å²) in [7, 11) is 1.41. The fraction of sp³-hybridized carbons (Fsp3) is 0.120. The van der Waals surface area contributed by atoms with E-state index in [0.29, 0.717) is 16.7 Å². The molecule has 9 heteroatoms. The van der Waals surface area contributed by atoms with Gasteiger partial charge in [-0.1, -0.05) is 17.7 Å². The Morgan fingerprint density at radius 1 is 0.971 bits per heavy atom. The number of esters is 1. The number of carbonyl (C=O) groups excluding carboxylic acids is 1. The first-order valence-corrected chi connectivity index (χ1v) is 10.5. The van der Waals surface area contributed by atoms with E-state index in [2.05, 4.69) is 0 Å². The van der Waals surface area contributed by atoms with Crippen molar-refractivity contribution in [2.45, 2.75) is 12.3 Å². The van der Waals surface area contributed by atoms with E-state index in [4.69, 9.17) is 25.5 Å². The van der Waals surface area contributed by atoms with E-state index in [-0.39, 0.29) is 51.2 Å². The Hall–Kier alpha value is -4.17. The predicted molar refractivity (Wildman–Crippen MR) is 123 cm³/mol. The van der Waals surface area contributed by atoms with E-state index < -0.39 is 23.1 Å². The summed E-state index contributed by atoms with van der Waals surface area (Å²) in [5, 5.41) is 30.5. The third kappa shape index (κ3) is 3.48. The number of hydrogen-bond donors (Lipinski definition) is 3. The van der Waals surface area contributed by atoms with Crippen LogP contribution in [0, 0.1) is 0 Å². The molecule has 0 amide bonds. The first-order chi connectivity index (χ1) is 16.3. The predicted octanol–water partition coefficient (Wildman–Crippen LogP) is 4.68. The Bertz CT molecular complexity index is 1540. The van der Waals surface area contributed by atoms with Crippen molar-refractivity contribution in [2.75, 3.05) is 7.11 Å². The van der Waals surface area contributed by atoms with Crippen molar-refractivity contribution in [3.63, 3.8) is 0 Å². The molecule has 4 aromatic rings. The summed E-state index contributed by atoms with van der Waals surface area (Å²) >= 11 is 6.10. The molecule has 172 valence electrons. The van der Waals surface area contributed by atoms with Crippen LogP contribution in [0.3, 0.4) is 0 Å². The summed E-state index contributed by atoms with van der Waals surface area (Å²) < 4.78 is 16.5. The summed E-state index contributed by atoms with van der Waals surface area (Å²) in [5.74, 6) is -1.41. The smallest absolute Gasteiger partial charge is 0.312 e. The first-order valence-electron chi connectivity index (χ1n) is 10.2. The van der Waals surface area contributed by atoms with Crippen LogP contribution in [0.1, 0.15) is 23.5 Å². The molecule has 0 fully saturated rings. The minimum Gasteiger partial charge on any atom is -0.507 e. The summed E-state index contributed by atoms with van der Waals surface area (Å²) in [5.41, 5.74) is 0.876. The average Bonchev–Trinajstić information content (AvgIpc) is 2.79. The Labute approximate surface area is 197 Å². The molecule has 3 aromatic carbocycles. The molecule has 5 rings (SSSR count). The van der Waals surface area contributed by atoms with Crippen molar-refractivity contribution >= 4 is 28.5 Å². The third-order valence-electron chi connectivity index (χ3n) is 5.76. The summed E-state index contributed by atoms with van der Waals surface area (Å²) in [6.07, 6.45) is -0.0781. The zero-order valence-electron chi connectivity index (χ0n) is 17.7. The number of halogens is 1. The zero-order chi connectivity index (χ0) is 24.1. The summed E-state index contributed by atoms with van der Waals surface area (Å²) in [6.45, 7) is 0. The maximum Gasteiger partial charge on any atom is 0.312 e. The Kier molecular flexibility index (Phi) is 5.10. The second kappa shape index (κ2) is 8.00. The van der Waals surface area contributed by atoms with Crippen LogP contribution in [-0.2, 0) is 4.79 Å². The van der Waals surface area contributed by atoms with Gasteiger partial charge in [0.2, 0.25) is 0 Å². The highest BCUT2D eigenvalue weighted by molar-refractivity contribution is 6.32. The topological polar surface area (TPSA) is 126 Å². The lowest BCUT2D eigenvalue weighted by molar-refractivity contribution is -0.135. The van der Waals surface area contributed by atoms with E-state index >= 15 is 0 Å². The fourth-order valence-corrected chi connectivity index (χ4v) is 4.36. The normalized spacial score (nSPS) is 15.1. The molecule has 0 spiro atoms. The number of phenols is 3. The zero-order valence-corrected chi connectivity index (χ0v) is 18.4. The van der Waals surface area contributed by atoms with Crippen LogP contribution >= 0.6 is 11.6 Å². The third-order valence-corrected chi connectivity index (χ3v) is 6.06. The number of methoxy groups -OCH3 is 1. The highest BCUT2D eigenvalue weighted by atomic mass is 35.5. The molecule has 2 heterocycles. The molecule has 0 saturated carbocycles. The van der Waals surface area contributed by atoms with Crippen molar-refractivity contribution in [1.82, 2.24) is 0 Å². The average molecular weight is 481 g/mol. The van der Waals surface area contributed by atoms with Gasteiger partial charge >= 0.3 is 5.97 Å². The molecule has 34 heavy (non-hydrogen) atoms. The molecular weight excluding hydrogens is 464 g/mol. The van der Waals surface area contributed by atoms with Gasteiger partial charge in [0, 0.05) is 29.2 Å². The van der Waals surface area contributed by atoms with Gasteiger partial charge in [-0.2, -0.15) is 0 Å². The second-order valence-electron chi connectivity index (χ2n) is 7.81. The van der Waals surface area contributed by atoms with Crippen LogP contribution in [0.2, 0.25) is 5.02 Å². The number of hydrogen-bond acceptors (Lipinski definition) is 8. The molecule has 8 nitrogen and oxygen atoms in total. The van der Waals surface area contributed by atoms with Crippen molar-refractivity contribution in [3.05, 3.63) is 74.9 Å². The van der Waals surface area contributed by atoms with Crippen LogP contribution in [0.4, 0.5) is 0 Å². The molecule has 3 N–H and O–H groups in total. The highest BCUT2D eigenvalue weighted by Gasteiger charge is 2.34. The Morgan fingerprint density at radius 3 is 2.47 bits per heavy atom. The Balaban J connectivity index is 1.79. The number of fused-ring (bicyclic) bond motifs is 3. The van der Waals surface area contributed by atoms with Crippen molar-refractivity contribution in [2.24, 2.45) is 0 Å². The van der Waals surface area contributed by atoms with Crippen molar-refractivity contribution < 1.29 is 34.0 Å². The number of carbonyl (C=O) groups is 1. The first kappa shape index (κ1) is 21.7. The number of phenolic OH excluding ortho intramolecular Hbond substituents is 3. The van der Waals surface area contributed by atoms with Gasteiger partial charge in [0.15, 0.2) is 16.9 Å². The highest BCUT2D eigenvalue weighted by Crippen LogP contribution is 2.47. The standard InChI is InChI=1S/C25H17ClO8/c1-32-19-5-3-12(7-16(19)28)20-9-17(29)24-18(30)10-21-23(25(24)34-20)13(8-22(31)33-21)11-2-4-15(27)14(26)6-11/h2-7,9-10,13,27-28,30H,8H2,1H3/t13-/m0/s1. The summed E-state index contributed by atoms with van der Waals surface area (Å²) in [4.78, 5) is 25.4. The largest absolute Gasteiger partial charge is 0.507 e. The van der Waals surface area contributed by atoms with Crippen LogP contribution in [-0.4, -0.2) is 28.4 Å². The van der Waals surface area contributed by atoms with Gasteiger partial charge in [0.1, 0.15) is 34.0 Å². The van der Waals surface area contributed by atoms with Crippen molar-refractivity contribution in [1.29, 1.82) is 0 Å². The monoisotopic (exact) mass is 480 g/mol. The molecular formula is C25H17ClO8. The lowest BCUT2D eigenvalue weighted by atomic mass is 9.85. The summed E-state index contributed by atoms with van der Waals surface area (Å²) in [6, 6.07) is 11.5. The number of ether oxygens (including phenoxy) is 2. The van der Waals surface area contributed by atoms with Crippen molar-refractivity contribution in [3.8, 4) is 40.1 Å². The molecule has 0 radical (unpaired) electrons. The van der Waals surface area contributed by atoms with Crippen LogP contribution in [0.15, 0.2) is 57.7 Å². The number of rotatable bonds is 3. The second-order valence-corrected chi connectivity index (χ2v) is 8.22. The van der Waals surface area contributed by atoms with Crippen LogP contribution in [0.5, 0.6) is 28.7 Å². The van der Waals surface area contributed by atoms with Gasteiger partial charge in [-0.05, 0) is 35.9 Å². The van der Waals surface area contributed by atoms with Gasteiger partial charge < -0.3 is 29.2 Å². The number of aromatic hydroxyl groups is 3. The van der Waals surface area contributed by atoms with Crippen LogP contribution < -0.4 is 14.9 Å². The number of benzene rings is 3. The van der Waals surface area contributed by atoms with E-state index in [1.54, 1.807) is 12.1 Å². The molecule has 0 bridgehead atoms.